The number of pyridine rings is 1. The summed E-state index contributed by atoms with van der Waals surface area (Å²) in [5.74, 6) is 0.476. The van der Waals surface area contributed by atoms with Gasteiger partial charge in [0.1, 0.15) is 5.82 Å². The summed E-state index contributed by atoms with van der Waals surface area (Å²) >= 11 is 1.43. The van der Waals surface area contributed by atoms with Crippen LogP contribution in [0.15, 0.2) is 34.6 Å². The molecular weight excluding hydrogens is 429 g/mol. The minimum absolute atomic E-state index is 0.0546. The van der Waals surface area contributed by atoms with Crippen molar-refractivity contribution in [1.82, 2.24) is 28.9 Å². The van der Waals surface area contributed by atoms with E-state index in [-0.39, 0.29) is 11.5 Å². The molecule has 5 rings (SSSR count). The van der Waals surface area contributed by atoms with Gasteiger partial charge in [0.05, 0.1) is 11.3 Å². The zero-order chi connectivity index (χ0) is 21.8. The number of likely N-dealkylation sites (tertiary alicyclic amines) is 1. The molecule has 1 unspecified atom stereocenters. The fourth-order valence-corrected chi connectivity index (χ4v) is 5.07. The number of rotatable bonds is 3. The predicted molar refractivity (Wildman–Crippen MR) is 109 cm³/mol. The third-order valence-electron chi connectivity index (χ3n) is 5.64. The summed E-state index contributed by atoms with van der Waals surface area (Å²) in [6.45, 7) is 3.81. The van der Waals surface area contributed by atoms with Crippen LogP contribution in [0.5, 0.6) is 0 Å². The number of hydrogen-bond donors (Lipinski definition) is 0. The van der Waals surface area contributed by atoms with Gasteiger partial charge in [0.15, 0.2) is 10.6 Å². The highest BCUT2D eigenvalue weighted by atomic mass is 32.1. The highest BCUT2D eigenvalue weighted by Crippen LogP contribution is 2.31. The molecule has 0 radical (unpaired) electrons. The van der Waals surface area contributed by atoms with Crippen LogP contribution in [-0.2, 0) is 12.7 Å². The van der Waals surface area contributed by atoms with Gasteiger partial charge in [-0.15, -0.1) is 21.5 Å². The number of aromatic nitrogens is 5. The van der Waals surface area contributed by atoms with Gasteiger partial charge >= 0.3 is 6.18 Å². The van der Waals surface area contributed by atoms with E-state index in [0.29, 0.717) is 35.2 Å². The quantitative estimate of drug-likeness (QED) is 0.480. The van der Waals surface area contributed by atoms with Gasteiger partial charge in [-0.05, 0) is 38.4 Å². The molecule has 7 nitrogen and oxygen atoms in total. The molecule has 0 N–H and O–H groups in total. The fraction of sp³-hybridized carbons (Fsp3) is 0.400. The molecule has 31 heavy (non-hydrogen) atoms. The zero-order valence-corrected chi connectivity index (χ0v) is 17.4. The number of thiazole rings is 1. The van der Waals surface area contributed by atoms with Crippen LogP contribution in [0.1, 0.15) is 41.5 Å². The van der Waals surface area contributed by atoms with Crippen LogP contribution in [0.25, 0.3) is 10.6 Å². The lowest BCUT2D eigenvalue weighted by atomic mass is 9.97. The molecule has 1 aliphatic rings. The highest BCUT2D eigenvalue weighted by Gasteiger charge is 2.32. The Labute approximate surface area is 178 Å². The third-order valence-corrected chi connectivity index (χ3v) is 6.58. The molecule has 4 aromatic rings. The molecule has 4 aromatic heterocycles. The summed E-state index contributed by atoms with van der Waals surface area (Å²) in [7, 11) is 0. The molecule has 1 aliphatic heterocycles. The molecule has 0 amide bonds. The van der Waals surface area contributed by atoms with E-state index in [2.05, 4.69) is 20.1 Å². The van der Waals surface area contributed by atoms with Gasteiger partial charge in [0.2, 0.25) is 0 Å². The Balaban J connectivity index is 1.40. The number of halogens is 3. The van der Waals surface area contributed by atoms with Crippen molar-refractivity contribution in [3.05, 3.63) is 62.9 Å². The molecule has 1 saturated heterocycles. The van der Waals surface area contributed by atoms with E-state index in [0.717, 1.165) is 37.3 Å². The van der Waals surface area contributed by atoms with Gasteiger partial charge in [-0.1, -0.05) is 0 Å². The van der Waals surface area contributed by atoms with Gasteiger partial charge in [-0.25, -0.2) is 4.98 Å². The first-order chi connectivity index (χ1) is 14.8. The Morgan fingerprint density at radius 1 is 1.26 bits per heavy atom. The molecule has 0 bridgehead atoms. The van der Waals surface area contributed by atoms with E-state index in [9.17, 15) is 18.0 Å². The second kappa shape index (κ2) is 7.41. The average Bonchev–Trinajstić information content (AvgIpc) is 3.31. The highest BCUT2D eigenvalue weighted by molar-refractivity contribution is 7.15. The summed E-state index contributed by atoms with van der Waals surface area (Å²) in [5.41, 5.74) is 1.12. The van der Waals surface area contributed by atoms with E-state index in [4.69, 9.17) is 0 Å². The Hall–Kier alpha value is -2.79. The Bertz CT molecular complexity index is 1320. The molecule has 0 saturated carbocycles. The summed E-state index contributed by atoms with van der Waals surface area (Å²) in [5, 5.41) is 10.1. The summed E-state index contributed by atoms with van der Waals surface area (Å²) in [4.78, 5) is 19.9. The topological polar surface area (TPSA) is 67.8 Å². The van der Waals surface area contributed by atoms with Gasteiger partial charge in [0, 0.05) is 42.3 Å². The Morgan fingerprint density at radius 2 is 2.10 bits per heavy atom. The van der Waals surface area contributed by atoms with Crippen molar-refractivity contribution < 1.29 is 13.2 Å². The van der Waals surface area contributed by atoms with E-state index >= 15 is 0 Å². The van der Waals surface area contributed by atoms with E-state index in [1.165, 1.54) is 21.8 Å². The van der Waals surface area contributed by atoms with Crippen LogP contribution in [0.2, 0.25) is 0 Å². The van der Waals surface area contributed by atoms with Crippen LogP contribution < -0.4 is 5.56 Å². The third kappa shape index (κ3) is 3.72. The monoisotopic (exact) mass is 448 g/mol. The van der Waals surface area contributed by atoms with Crippen molar-refractivity contribution in [1.29, 1.82) is 0 Å². The second-order valence-electron chi connectivity index (χ2n) is 7.86. The Kier molecular flexibility index (Phi) is 4.82. The lowest BCUT2D eigenvalue weighted by Crippen LogP contribution is -2.35. The van der Waals surface area contributed by atoms with Crippen molar-refractivity contribution in [2.45, 2.75) is 38.4 Å². The maximum Gasteiger partial charge on any atom is 0.417 e. The van der Waals surface area contributed by atoms with E-state index in [1.807, 2.05) is 12.3 Å². The maximum absolute atomic E-state index is 13.1. The zero-order valence-electron chi connectivity index (χ0n) is 16.6. The number of nitrogens with zero attached hydrogens (tertiary/aromatic N) is 6. The lowest BCUT2D eigenvalue weighted by molar-refractivity contribution is -0.137. The molecular formula is C20H19F3N6OS. The normalized spacial score (nSPS) is 18.3. The van der Waals surface area contributed by atoms with E-state index in [1.54, 1.807) is 10.5 Å². The second-order valence-corrected chi connectivity index (χ2v) is 8.69. The average molecular weight is 448 g/mol. The smallest absolute Gasteiger partial charge is 0.297 e. The van der Waals surface area contributed by atoms with Crippen LogP contribution in [0.4, 0.5) is 13.2 Å². The summed E-state index contributed by atoms with van der Waals surface area (Å²) in [6, 6.07) is 3.92. The van der Waals surface area contributed by atoms with Crippen LogP contribution in [-0.4, -0.2) is 42.0 Å². The molecule has 5 heterocycles. The van der Waals surface area contributed by atoms with Crippen molar-refractivity contribution in [2.75, 3.05) is 13.1 Å². The lowest BCUT2D eigenvalue weighted by Gasteiger charge is -2.31. The molecule has 0 aliphatic carbocycles. The van der Waals surface area contributed by atoms with Crippen molar-refractivity contribution in [3.8, 4) is 0 Å². The largest absolute Gasteiger partial charge is 0.417 e. The number of fused-ring (bicyclic) bond motifs is 2. The molecule has 0 aromatic carbocycles. The van der Waals surface area contributed by atoms with Crippen LogP contribution in [0.3, 0.4) is 0 Å². The number of hydrogen-bond acceptors (Lipinski definition) is 6. The van der Waals surface area contributed by atoms with Crippen molar-refractivity contribution in [3.63, 3.8) is 0 Å². The first kappa shape index (κ1) is 20.1. The molecule has 1 atom stereocenters. The van der Waals surface area contributed by atoms with Crippen LogP contribution >= 0.6 is 11.3 Å². The van der Waals surface area contributed by atoms with Crippen molar-refractivity contribution >= 4 is 21.9 Å². The fourth-order valence-electron chi connectivity index (χ4n) is 4.18. The number of alkyl halides is 3. The van der Waals surface area contributed by atoms with E-state index < -0.39 is 11.7 Å². The van der Waals surface area contributed by atoms with Crippen molar-refractivity contribution in [2.24, 2.45) is 0 Å². The van der Waals surface area contributed by atoms with Gasteiger partial charge in [-0.2, -0.15) is 13.2 Å². The molecule has 162 valence electrons. The van der Waals surface area contributed by atoms with Gasteiger partial charge in [-0.3, -0.25) is 18.5 Å². The SMILES string of the molecule is Cc1csc2nc(CN3CCCC(c4nnc5ccc(C(F)(F)F)cn45)C3)cc(=O)n12. The number of aryl methyl sites for hydroxylation is 1. The maximum atomic E-state index is 13.1. The summed E-state index contributed by atoms with van der Waals surface area (Å²) < 4.78 is 42.5. The Morgan fingerprint density at radius 3 is 2.90 bits per heavy atom. The molecule has 11 heteroatoms. The first-order valence-corrected chi connectivity index (χ1v) is 10.8. The molecule has 1 fully saturated rings. The predicted octanol–water partition coefficient (Wildman–Crippen LogP) is 3.51. The minimum Gasteiger partial charge on any atom is -0.297 e. The van der Waals surface area contributed by atoms with Crippen LogP contribution in [0, 0.1) is 6.92 Å². The first-order valence-electron chi connectivity index (χ1n) is 9.90. The van der Waals surface area contributed by atoms with Gasteiger partial charge in [0.25, 0.3) is 5.56 Å². The standard InChI is InChI=1S/C20H19F3N6OS/c1-12-11-31-19-24-15(7-17(30)29(12)19)10-27-6-2-3-13(8-27)18-26-25-16-5-4-14(9-28(16)18)20(21,22)23/h4-5,7,9,11,13H,2-3,6,8,10H2,1H3. The number of piperidine rings is 1. The minimum atomic E-state index is -4.42. The molecule has 0 spiro atoms. The summed E-state index contributed by atoms with van der Waals surface area (Å²) in [6.07, 6.45) is -1.67. The van der Waals surface area contributed by atoms with Gasteiger partial charge < -0.3 is 0 Å².